The van der Waals surface area contributed by atoms with E-state index in [1.54, 1.807) is 18.7 Å². The van der Waals surface area contributed by atoms with Crippen LogP contribution < -0.4 is 5.32 Å². The zero-order valence-corrected chi connectivity index (χ0v) is 16.1. The zero-order chi connectivity index (χ0) is 18.5. The monoisotopic (exact) mass is 374 g/mol. The molecule has 1 saturated heterocycles. The van der Waals surface area contributed by atoms with Crippen LogP contribution in [0.3, 0.4) is 0 Å². The minimum absolute atomic E-state index is 0.0354. The number of fused-ring (bicyclic) bond motifs is 1. The van der Waals surface area contributed by atoms with E-state index < -0.39 is 0 Å². The highest BCUT2D eigenvalue weighted by atomic mass is 32.2. The number of aromatic nitrogens is 2. The third-order valence-corrected chi connectivity index (χ3v) is 5.62. The van der Waals surface area contributed by atoms with Gasteiger partial charge in [0.05, 0.1) is 17.1 Å². The fourth-order valence-electron chi connectivity index (χ4n) is 3.40. The first-order valence-electron chi connectivity index (χ1n) is 9.08. The van der Waals surface area contributed by atoms with E-state index in [1.165, 1.54) is 0 Å². The summed E-state index contributed by atoms with van der Waals surface area (Å²) in [6.07, 6.45) is 4.34. The van der Waals surface area contributed by atoms with Gasteiger partial charge in [0, 0.05) is 25.9 Å². The number of nitrogens with zero attached hydrogens (tertiary/aromatic N) is 2. The van der Waals surface area contributed by atoms with Crippen LogP contribution in [0.25, 0.3) is 11.0 Å². The predicted octanol–water partition coefficient (Wildman–Crippen LogP) is 2.73. The van der Waals surface area contributed by atoms with E-state index in [9.17, 15) is 9.59 Å². The molecule has 26 heavy (non-hydrogen) atoms. The van der Waals surface area contributed by atoms with E-state index >= 15 is 0 Å². The lowest BCUT2D eigenvalue weighted by Gasteiger charge is -2.31. The third kappa shape index (κ3) is 4.38. The van der Waals surface area contributed by atoms with E-state index in [0.29, 0.717) is 13.1 Å². The van der Waals surface area contributed by atoms with Crippen molar-refractivity contribution in [1.29, 1.82) is 0 Å². The van der Waals surface area contributed by atoms with Crippen molar-refractivity contribution in [3.63, 3.8) is 0 Å². The van der Waals surface area contributed by atoms with E-state index in [2.05, 4.69) is 21.5 Å². The van der Waals surface area contributed by atoms with Crippen molar-refractivity contribution in [2.45, 2.75) is 32.2 Å². The Bertz CT molecular complexity index is 735. The molecule has 3 rings (SSSR count). The van der Waals surface area contributed by atoms with Gasteiger partial charge in [-0.3, -0.25) is 9.59 Å². The molecule has 1 aliphatic heterocycles. The highest BCUT2D eigenvalue weighted by Gasteiger charge is 2.28. The Hall–Kier alpha value is -2.02. The molecule has 1 aliphatic rings. The molecular weight excluding hydrogens is 348 g/mol. The fraction of sp³-hybridized carbons (Fsp3) is 0.526. The first-order chi connectivity index (χ1) is 12.6. The minimum Gasteiger partial charge on any atom is -0.346 e. The first-order valence-corrected chi connectivity index (χ1v) is 10.5. The largest absolute Gasteiger partial charge is 0.346 e. The van der Waals surface area contributed by atoms with Crippen LogP contribution in [0.4, 0.5) is 0 Å². The van der Waals surface area contributed by atoms with Crippen LogP contribution in [-0.2, 0) is 9.59 Å². The summed E-state index contributed by atoms with van der Waals surface area (Å²) in [6.45, 7) is 2.90. The predicted molar refractivity (Wildman–Crippen MR) is 105 cm³/mol. The van der Waals surface area contributed by atoms with Crippen LogP contribution in [-0.4, -0.2) is 51.8 Å². The van der Waals surface area contributed by atoms with E-state index in [-0.39, 0.29) is 23.8 Å². The molecular formula is C19H26N4O2S. The summed E-state index contributed by atoms with van der Waals surface area (Å²) in [5.74, 6) is 1.88. The summed E-state index contributed by atoms with van der Waals surface area (Å²) in [5, 5.41) is 3.19. The number of carbonyl (C=O) groups is 2. The van der Waals surface area contributed by atoms with E-state index in [1.807, 2.05) is 29.2 Å². The number of H-pyrrole nitrogens is 1. The molecule has 1 unspecified atom stereocenters. The number of hydrogen-bond acceptors (Lipinski definition) is 4. The maximum atomic E-state index is 12.8. The summed E-state index contributed by atoms with van der Waals surface area (Å²) in [7, 11) is 0. The fourth-order valence-corrected chi connectivity index (χ4v) is 3.87. The highest BCUT2D eigenvalue weighted by molar-refractivity contribution is 7.98. The lowest BCUT2D eigenvalue weighted by molar-refractivity contribution is -0.134. The molecule has 0 bridgehead atoms. The van der Waals surface area contributed by atoms with E-state index in [4.69, 9.17) is 0 Å². The molecule has 2 amide bonds. The molecule has 0 aliphatic carbocycles. The lowest BCUT2D eigenvalue weighted by atomic mass is 9.95. The number of imidazole rings is 1. The van der Waals surface area contributed by atoms with Crippen LogP contribution >= 0.6 is 11.8 Å². The summed E-state index contributed by atoms with van der Waals surface area (Å²) in [5.41, 5.74) is 1.90. The SMILES string of the molecule is CSCCC(NC(=O)C1CCN(C(C)=O)CC1)c1nc2ccccc2[nH]1. The number of carbonyl (C=O) groups excluding carboxylic acids is 2. The summed E-state index contributed by atoms with van der Waals surface area (Å²) in [4.78, 5) is 34.1. The second kappa shape index (κ2) is 8.58. The number of piperidine rings is 1. The quantitative estimate of drug-likeness (QED) is 0.815. The first kappa shape index (κ1) is 18.8. The molecule has 1 atom stereocenters. The number of benzene rings is 1. The Morgan fingerprint density at radius 3 is 2.73 bits per heavy atom. The van der Waals surface area contributed by atoms with Crippen molar-refractivity contribution in [3.05, 3.63) is 30.1 Å². The van der Waals surface area contributed by atoms with Crippen molar-refractivity contribution in [1.82, 2.24) is 20.2 Å². The summed E-state index contributed by atoms with van der Waals surface area (Å²) >= 11 is 1.76. The van der Waals surface area contributed by atoms with Gasteiger partial charge in [0.2, 0.25) is 11.8 Å². The van der Waals surface area contributed by atoms with Crippen molar-refractivity contribution in [2.24, 2.45) is 5.92 Å². The molecule has 1 aromatic heterocycles. The minimum atomic E-state index is -0.117. The Labute approximate surface area is 158 Å². The van der Waals surface area contributed by atoms with Gasteiger partial charge in [0.25, 0.3) is 0 Å². The Balaban J connectivity index is 1.68. The molecule has 6 nitrogen and oxygen atoms in total. The normalized spacial score (nSPS) is 16.6. The number of nitrogens with one attached hydrogen (secondary N) is 2. The van der Waals surface area contributed by atoms with Gasteiger partial charge in [-0.05, 0) is 43.4 Å². The van der Waals surface area contributed by atoms with Gasteiger partial charge in [-0.1, -0.05) is 12.1 Å². The Morgan fingerprint density at radius 1 is 1.35 bits per heavy atom. The molecule has 1 fully saturated rings. The number of amides is 2. The van der Waals surface area contributed by atoms with E-state index in [0.717, 1.165) is 41.9 Å². The molecule has 140 valence electrons. The molecule has 1 aromatic carbocycles. The summed E-state index contributed by atoms with van der Waals surface area (Å²) in [6, 6.07) is 7.79. The number of likely N-dealkylation sites (tertiary alicyclic amines) is 1. The third-order valence-electron chi connectivity index (χ3n) is 4.98. The smallest absolute Gasteiger partial charge is 0.223 e. The zero-order valence-electron chi connectivity index (χ0n) is 15.3. The number of rotatable bonds is 6. The maximum Gasteiger partial charge on any atom is 0.223 e. The van der Waals surface area contributed by atoms with Gasteiger partial charge in [-0.25, -0.2) is 4.98 Å². The van der Waals surface area contributed by atoms with Crippen LogP contribution in [0.15, 0.2) is 24.3 Å². The van der Waals surface area contributed by atoms with Crippen molar-refractivity contribution < 1.29 is 9.59 Å². The van der Waals surface area contributed by atoms with Crippen molar-refractivity contribution in [2.75, 3.05) is 25.1 Å². The molecule has 2 heterocycles. The summed E-state index contributed by atoms with van der Waals surface area (Å²) < 4.78 is 0. The molecule has 0 spiro atoms. The number of aromatic amines is 1. The molecule has 0 saturated carbocycles. The van der Waals surface area contributed by atoms with Crippen molar-refractivity contribution in [3.8, 4) is 0 Å². The molecule has 0 radical (unpaired) electrons. The Morgan fingerprint density at radius 2 is 2.08 bits per heavy atom. The number of para-hydroxylation sites is 2. The van der Waals surface area contributed by atoms with Gasteiger partial charge in [-0.2, -0.15) is 11.8 Å². The molecule has 7 heteroatoms. The van der Waals surface area contributed by atoms with Gasteiger partial charge >= 0.3 is 0 Å². The topological polar surface area (TPSA) is 78.1 Å². The second-order valence-electron chi connectivity index (χ2n) is 6.76. The van der Waals surface area contributed by atoms with Gasteiger partial charge in [0.15, 0.2) is 0 Å². The van der Waals surface area contributed by atoms with Crippen LogP contribution in [0.2, 0.25) is 0 Å². The average molecular weight is 375 g/mol. The van der Waals surface area contributed by atoms with Crippen molar-refractivity contribution >= 4 is 34.6 Å². The highest BCUT2D eigenvalue weighted by Crippen LogP contribution is 2.23. The van der Waals surface area contributed by atoms with Gasteiger partial charge in [-0.15, -0.1) is 0 Å². The lowest BCUT2D eigenvalue weighted by Crippen LogP contribution is -2.43. The standard InChI is InChI=1S/C19H26N4O2S/c1-13(24)23-10-7-14(8-11-23)19(25)22-17(9-12-26-2)18-20-15-5-3-4-6-16(15)21-18/h3-6,14,17H,7-12H2,1-2H3,(H,20,21)(H,22,25). The second-order valence-corrected chi connectivity index (χ2v) is 7.75. The van der Waals surface area contributed by atoms with Crippen LogP contribution in [0.1, 0.15) is 38.1 Å². The number of thioether (sulfide) groups is 1. The van der Waals surface area contributed by atoms with Gasteiger partial charge < -0.3 is 15.2 Å². The molecule has 2 aromatic rings. The van der Waals surface area contributed by atoms with Gasteiger partial charge in [0.1, 0.15) is 5.82 Å². The Kier molecular flexibility index (Phi) is 6.19. The van der Waals surface area contributed by atoms with Crippen LogP contribution in [0.5, 0.6) is 0 Å². The maximum absolute atomic E-state index is 12.8. The van der Waals surface area contributed by atoms with Crippen LogP contribution in [0, 0.1) is 5.92 Å². The number of hydrogen-bond donors (Lipinski definition) is 2. The molecule has 2 N–H and O–H groups in total. The average Bonchev–Trinajstić information content (AvgIpc) is 3.09.